The maximum Gasteiger partial charge on any atom is 0.404 e. The second-order valence-electron chi connectivity index (χ2n) is 8.64. The highest BCUT2D eigenvalue weighted by Crippen LogP contribution is 2.38. The smallest absolute Gasteiger partial charge is 0.370 e. The molecule has 0 aromatic carbocycles. The Balaban J connectivity index is 1.59. The molecule has 1 atom stereocenters. The molecule has 0 bridgehead atoms. The molecule has 5 rings (SSSR count). The Morgan fingerprint density at radius 2 is 1.89 bits per heavy atom. The quantitative estimate of drug-likeness (QED) is 0.529. The minimum Gasteiger partial charge on any atom is -0.370 e. The molecule has 0 unspecified atom stereocenters. The first-order valence-corrected chi connectivity index (χ1v) is 12.7. The second-order valence-corrected chi connectivity index (χ2v) is 10.4. The fourth-order valence-electron chi connectivity index (χ4n) is 4.29. The maximum absolute atomic E-state index is 12.9. The van der Waals surface area contributed by atoms with Crippen LogP contribution in [0.5, 0.6) is 0 Å². The van der Waals surface area contributed by atoms with Gasteiger partial charge in [0.2, 0.25) is 10.0 Å². The molecular weight excluding hydrogens is 493 g/mol. The second kappa shape index (κ2) is 8.76. The molecule has 3 aromatic rings. The van der Waals surface area contributed by atoms with Gasteiger partial charge in [-0.3, -0.25) is 9.55 Å². The Morgan fingerprint density at radius 1 is 1.17 bits per heavy atom. The molecule has 0 saturated carbocycles. The lowest BCUT2D eigenvalue weighted by Gasteiger charge is -2.18. The van der Waals surface area contributed by atoms with E-state index in [0.29, 0.717) is 22.3 Å². The van der Waals surface area contributed by atoms with Crippen LogP contribution in [0.4, 0.5) is 18.9 Å². The van der Waals surface area contributed by atoms with E-state index in [-0.39, 0.29) is 5.69 Å². The first kappa shape index (κ1) is 24.0. The van der Waals surface area contributed by atoms with Gasteiger partial charge < -0.3 is 4.90 Å². The molecule has 0 radical (unpaired) electrons. The van der Waals surface area contributed by atoms with Gasteiger partial charge in [-0.05, 0) is 50.1 Å². The average Bonchev–Trinajstić information content (AvgIpc) is 3.44. The zero-order valence-corrected chi connectivity index (χ0v) is 19.9. The number of anilines is 1. The van der Waals surface area contributed by atoms with Crippen LogP contribution in [-0.2, 0) is 10.0 Å². The number of nitriles is 1. The van der Waals surface area contributed by atoms with Crippen LogP contribution < -0.4 is 9.62 Å². The van der Waals surface area contributed by atoms with Crippen molar-refractivity contribution in [3.05, 3.63) is 54.4 Å². The summed E-state index contributed by atoms with van der Waals surface area (Å²) >= 11 is 0. The summed E-state index contributed by atoms with van der Waals surface area (Å²) in [5.74, 6) is 0. The van der Waals surface area contributed by atoms with E-state index in [2.05, 4.69) is 20.9 Å². The van der Waals surface area contributed by atoms with Crippen molar-refractivity contribution in [2.45, 2.75) is 36.9 Å². The molecule has 2 aliphatic rings. The first-order chi connectivity index (χ1) is 17.1. The molecule has 186 valence electrons. The van der Waals surface area contributed by atoms with Gasteiger partial charge in [0.05, 0.1) is 28.8 Å². The summed E-state index contributed by atoms with van der Waals surface area (Å²) in [6.45, 7) is 2.55. The Hall–Kier alpha value is -3.69. The Bertz CT molecular complexity index is 1540. The Kier molecular flexibility index (Phi) is 5.84. The first-order valence-electron chi connectivity index (χ1n) is 11.2. The standard InChI is InChI=1S/C24H21F3N6O2S/c1-15(24(25,26)27)31-36(34,35)18-7-8-21(29-14-18)22-20(12-28)19-11-17(32-9-2-3-10-32)13-30-23(19)33(22)16-5-4-6-16/h4-8,11,13-15,31H,2-3,9-10H2,1H3/t15-/m0/s1. The van der Waals surface area contributed by atoms with Gasteiger partial charge in [-0.1, -0.05) is 6.08 Å². The Labute approximate surface area is 205 Å². The van der Waals surface area contributed by atoms with Gasteiger partial charge in [-0.2, -0.15) is 23.2 Å². The lowest BCUT2D eigenvalue weighted by molar-refractivity contribution is -0.147. The van der Waals surface area contributed by atoms with Crippen LogP contribution >= 0.6 is 0 Å². The van der Waals surface area contributed by atoms with Crippen molar-refractivity contribution in [3.8, 4) is 17.5 Å². The maximum atomic E-state index is 12.9. The third-order valence-electron chi connectivity index (χ3n) is 6.28. The van der Waals surface area contributed by atoms with Crippen LogP contribution in [-0.4, -0.2) is 48.3 Å². The van der Waals surface area contributed by atoms with Crippen molar-refractivity contribution in [1.82, 2.24) is 19.3 Å². The van der Waals surface area contributed by atoms with E-state index in [1.54, 1.807) is 15.5 Å². The molecule has 0 spiro atoms. The average molecular weight is 515 g/mol. The van der Waals surface area contributed by atoms with E-state index < -0.39 is 27.1 Å². The van der Waals surface area contributed by atoms with Gasteiger partial charge in [0.25, 0.3) is 0 Å². The number of fused-ring (bicyclic) bond motifs is 1. The van der Waals surface area contributed by atoms with E-state index in [4.69, 9.17) is 0 Å². The summed E-state index contributed by atoms with van der Waals surface area (Å²) in [6.07, 6.45) is 5.74. The molecule has 12 heteroatoms. The molecule has 4 heterocycles. The minimum atomic E-state index is -4.73. The van der Waals surface area contributed by atoms with Crippen LogP contribution in [0.3, 0.4) is 0 Å². The fourth-order valence-corrected chi connectivity index (χ4v) is 5.46. The van der Waals surface area contributed by atoms with Crippen LogP contribution in [0.1, 0.15) is 25.3 Å². The van der Waals surface area contributed by atoms with Crippen molar-refractivity contribution in [3.63, 3.8) is 0 Å². The van der Waals surface area contributed by atoms with Crippen molar-refractivity contribution >= 4 is 32.4 Å². The molecule has 3 aromatic heterocycles. The van der Waals surface area contributed by atoms with E-state index >= 15 is 0 Å². The SMILES string of the molecule is C[C@H](NS(=O)(=O)c1ccc(-c2c(C#N)c3cc(N4CCCC4)cnc3n2C2=CC=C2)nc1)C(F)(F)F. The number of rotatable bonds is 6. The molecule has 1 aliphatic carbocycles. The summed E-state index contributed by atoms with van der Waals surface area (Å²) in [7, 11) is -4.46. The number of hydrogen-bond donors (Lipinski definition) is 1. The monoisotopic (exact) mass is 514 g/mol. The number of pyridine rings is 2. The minimum absolute atomic E-state index is 0.288. The molecule has 36 heavy (non-hydrogen) atoms. The number of alkyl halides is 3. The van der Waals surface area contributed by atoms with Gasteiger partial charge in [-0.25, -0.2) is 13.4 Å². The number of hydrogen-bond acceptors (Lipinski definition) is 6. The third kappa shape index (κ3) is 4.14. The van der Waals surface area contributed by atoms with Crippen molar-refractivity contribution in [2.75, 3.05) is 18.0 Å². The number of sulfonamides is 1. The van der Waals surface area contributed by atoms with Crippen molar-refractivity contribution in [2.24, 2.45) is 0 Å². The van der Waals surface area contributed by atoms with E-state index in [1.807, 2.05) is 24.3 Å². The van der Waals surface area contributed by atoms with Crippen molar-refractivity contribution < 1.29 is 21.6 Å². The zero-order valence-electron chi connectivity index (χ0n) is 19.1. The Morgan fingerprint density at radius 3 is 2.44 bits per heavy atom. The van der Waals surface area contributed by atoms with E-state index in [9.17, 15) is 26.9 Å². The fraction of sp³-hybridized carbons (Fsp3) is 0.292. The third-order valence-corrected chi connectivity index (χ3v) is 7.81. The van der Waals surface area contributed by atoms with E-state index in [1.165, 1.54) is 12.1 Å². The highest BCUT2D eigenvalue weighted by molar-refractivity contribution is 7.89. The molecule has 1 N–H and O–H groups in total. The number of aromatic nitrogens is 3. The van der Waals surface area contributed by atoms with Crippen LogP contribution in [0.2, 0.25) is 0 Å². The summed E-state index contributed by atoms with van der Waals surface area (Å²) in [5.41, 5.74) is 3.28. The molecule has 8 nitrogen and oxygen atoms in total. The van der Waals surface area contributed by atoms with E-state index in [0.717, 1.165) is 50.4 Å². The number of allylic oxidation sites excluding steroid dienone is 4. The topological polar surface area (TPSA) is 104 Å². The predicted molar refractivity (Wildman–Crippen MR) is 128 cm³/mol. The molecule has 1 fully saturated rings. The molecule has 1 aliphatic heterocycles. The molecule has 0 amide bonds. The largest absolute Gasteiger partial charge is 0.404 e. The summed E-state index contributed by atoms with van der Waals surface area (Å²) in [6, 6.07) is 4.45. The number of nitrogens with zero attached hydrogens (tertiary/aromatic N) is 5. The van der Waals surface area contributed by atoms with Gasteiger partial charge >= 0.3 is 6.18 Å². The van der Waals surface area contributed by atoms with Crippen LogP contribution in [0.15, 0.2) is 53.7 Å². The highest BCUT2D eigenvalue weighted by Gasteiger charge is 2.39. The van der Waals surface area contributed by atoms with Crippen LogP contribution in [0, 0.1) is 11.3 Å². The van der Waals surface area contributed by atoms with Gasteiger partial charge in [0, 0.05) is 30.4 Å². The van der Waals surface area contributed by atoms with Gasteiger partial charge in [0.15, 0.2) is 0 Å². The lowest BCUT2D eigenvalue weighted by atomic mass is 10.1. The lowest BCUT2D eigenvalue weighted by Crippen LogP contribution is -2.42. The van der Waals surface area contributed by atoms with Gasteiger partial charge in [-0.15, -0.1) is 0 Å². The summed E-state index contributed by atoms with van der Waals surface area (Å²) < 4.78 is 66.9. The molecular formula is C24H21F3N6O2S. The van der Waals surface area contributed by atoms with Gasteiger partial charge in [0.1, 0.15) is 22.7 Å². The highest BCUT2D eigenvalue weighted by atomic mass is 32.2. The zero-order chi connectivity index (χ0) is 25.7. The summed E-state index contributed by atoms with van der Waals surface area (Å²) in [4.78, 5) is 10.7. The number of halogens is 3. The normalized spacial score (nSPS) is 16.6. The number of nitrogens with one attached hydrogen (secondary N) is 1. The predicted octanol–water partition coefficient (Wildman–Crippen LogP) is 4.21. The summed E-state index contributed by atoms with van der Waals surface area (Å²) in [5, 5.41) is 10.7. The molecule has 1 saturated heterocycles. The van der Waals surface area contributed by atoms with Crippen molar-refractivity contribution in [1.29, 1.82) is 5.26 Å². The van der Waals surface area contributed by atoms with Crippen LogP contribution in [0.25, 0.3) is 28.1 Å².